The van der Waals surface area contributed by atoms with E-state index in [1.165, 1.54) is 27.9 Å². The van der Waals surface area contributed by atoms with Gasteiger partial charge in [-0.05, 0) is 49.8 Å². The quantitative estimate of drug-likeness (QED) is 0.105. The van der Waals surface area contributed by atoms with Gasteiger partial charge in [0.05, 0.1) is 13.7 Å². The molecule has 0 radical (unpaired) electrons. The first kappa shape index (κ1) is 26.9. The fraction of sp³-hybridized carbons (Fsp3) is 0.172. The molecule has 1 heterocycles. The van der Waals surface area contributed by atoms with Gasteiger partial charge in [-0.1, -0.05) is 64.9 Å². The maximum absolute atomic E-state index is 12.7. The summed E-state index contributed by atoms with van der Waals surface area (Å²) in [7, 11) is 1.55. The number of methoxy groups -OCH3 is 1. The number of carbonyl (C=O) groups is 1. The van der Waals surface area contributed by atoms with E-state index in [-0.39, 0.29) is 5.57 Å². The normalized spacial score (nSPS) is 11.1. The largest absolute Gasteiger partial charge is 0.493 e. The number of rotatable bonds is 10. The average Bonchev–Trinajstić information content (AvgIpc) is 3.39. The molecule has 0 unspecified atom stereocenters. The molecule has 0 aliphatic carbocycles. The highest BCUT2D eigenvalue weighted by atomic mass is 32.2. The van der Waals surface area contributed by atoms with Crippen molar-refractivity contribution >= 4 is 40.2 Å². The Hall–Kier alpha value is -4.13. The predicted molar refractivity (Wildman–Crippen MR) is 153 cm³/mol. The van der Waals surface area contributed by atoms with Gasteiger partial charge >= 0.3 is 0 Å². The Morgan fingerprint density at radius 3 is 2.42 bits per heavy atom. The molecule has 9 heteroatoms. The van der Waals surface area contributed by atoms with Gasteiger partial charge in [-0.2, -0.15) is 5.26 Å². The molecular formula is C29H26N4O3S2. The SMILES string of the molecule is COc1cc(C=C(C#N)C(=O)Nc2nnc(-c3ccc(C)cc3)s2)ccc1OCCSc1ccc(C)cc1. The number of hydrogen-bond acceptors (Lipinski definition) is 8. The first-order chi connectivity index (χ1) is 18.4. The monoisotopic (exact) mass is 542 g/mol. The zero-order chi connectivity index (χ0) is 26.9. The number of ether oxygens (including phenoxy) is 2. The molecule has 4 aromatic rings. The number of nitrogens with one attached hydrogen (secondary N) is 1. The van der Waals surface area contributed by atoms with Gasteiger partial charge in [0.25, 0.3) is 5.91 Å². The van der Waals surface area contributed by atoms with Crippen LogP contribution in [0.5, 0.6) is 11.5 Å². The Morgan fingerprint density at radius 2 is 1.74 bits per heavy atom. The van der Waals surface area contributed by atoms with Crippen molar-refractivity contribution in [1.82, 2.24) is 10.2 Å². The zero-order valence-corrected chi connectivity index (χ0v) is 22.9. The molecule has 1 N–H and O–H groups in total. The van der Waals surface area contributed by atoms with Crippen LogP contribution in [0.1, 0.15) is 16.7 Å². The molecule has 0 atom stereocenters. The van der Waals surface area contributed by atoms with Crippen molar-refractivity contribution in [2.45, 2.75) is 18.7 Å². The average molecular weight is 543 g/mol. The molecule has 4 rings (SSSR count). The van der Waals surface area contributed by atoms with Crippen LogP contribution in [0, 0.1) is 25.2 Å². The van der Waals surface area contributed by atoms with Crippen LogP contribution in [-0.2, 0) is 4.79 Å². The summed E-state index contributed by atoms with van der Waals surface area (Å²) in [5.41, 5.74) is 3.85. The van der Waals surface area contributed by atoms with E-state index in [4.69, 9.17) is 9.47 Å². The van der Waals surface area contributed by atoms with E-state index in [2.05, 4.69) is 46.7 Å². The molecule has 0 fully saturated rings. The second-order valence-corrected chi connectivity index (χ2v) is 10.5. The first-order valence-electron chi connectivity index (χ1n) is 11.8. The van der Waals surface area contributed by atoms with E-state index in [0.717, 1.165) is 16.9 Å². The molecule has 3 aromatic carbocycles. The number of benzene rings is 3. The number of hydrogen-bond donors (Lipinski definition) is 1. The molecule has 0 saturated carbocycles. The molecule has 1 aromatic heterocycles. The minimum absolute atomic E-state index is 0.0673. The highest BCUT2D eigenvalue weighted by Gasteiger charge is 2.14. The summed E-state index contributed by atoms with van der Waals surface area (Å²) in [6.45, 7) is 4.58. The predicted octanol–water partition coefficient (Wildman–Crippen LogP) is 6.55. The van der Waals surface area contributed by atoms with Gasteiger partial charge in [0.2, 0.25) is 5.13 Å². The molecule has 192 valence electrons. The summed E-state index contributed by atoms with van der Waals surface area (Å²) in [6, 6.07) is 23.5. The third-order valence-corrected chi connectivity index (χ3v) is 7.30. The molecule has 0 spiro atoms. The smallest absolute Gasteiger partial charge is 0.268 e. The third-order valence-electron chi connectivity index (χ3n) is 5.44. The molecule has 0 aliphatic heterocycles. The van der Waals surface area contributed by atoms with E-state index in [9.17, 15) is 10.1 Å². The Bertz CT molecular complexity index is 1470. The third kappa shape index (κ3) is 7.22. The maximum atomic E-state index is 12.7. The Balaban J connectivity index is 1.37. The lowest BCUT2D eigenvalue weighted by Gasteiger charge is -2.11. The fourth-order valence-corrected chi connectivity index (χ4v) is 4.88. The van der Waals surface area contributed by atoms with Crippen molar-refractivity contribution in [3.63, 3.8) is 0 Å². The van der Waals surface area contributed by atoms with Crippen LogP contribution in [0.3, 0.4) is 0 Å². The Morgan fingerprint density at radius 1 is 1.03 bits per heavy atom. The van der Waals surface area contributed by atoms with Crippen molar-refractivity contribution < 1.29 is 14.3 Å². The number of nitrogens with zero attached hydrogens (tertiary/aromatic N) is 3. The topological polar surface area (TPSA) is 97.1 Å². The van der Waals surface area contributed by atoms with Crippen LogP contribution in [0.2, 0.25) is 0 Å². The standard InChI is InChI=1S/C29H26N4O3S2/c1-19-4-9-22(10-5-19)28-32-33-29(38-28)31-27(34)23(18-30)16-21-8-13-25(26(17-21)35-3)36-14-15-37-24-11-6-20(2)7-12-24/h4-13,16-17H,14-15H2,1-3H3,(H,31,33,34). The first-order valence-corrected chi connectivity index (χ1v) is 13.6. The molecule has 1 amide bonds. The van der Waals surface area contributed by atoms with Crippen LogP contribution in [0.4, 0.5) is 5.13 Å². The summed E-state index contributed by atoms with van der Waals surface area (Å²) < 4.78 is 11.4. The zero-order valence-electron chi connectivity index (χ0n) is 21.2. The van der Waals surface area contributed by atoms with E-state index in [0.29, 0.717) is 33.8 Å². The second-order valence-electron chi connectivity index (χ2n) is 8.32. The summed E-state index contributed by atoms with van der Waals surface area (Å²) in [6.07, 6.45) is 1.50. The summed E-state index contributed by atoms with van der Waals surface area (Å²) in [5.74, 6) is 1.33. The van der Waals surface area contributed by atoms with Gasteiger partial charge in [0.15, 0.2) is 11.5 Å². The number of nitriles is 1. The highest BCUT2D eigenvalue weighted by Crippen LogP contribution is 2.30. The van der Waals surface area contributed by atoms with Gasteiger partial charge in [-0.3, -0.25) is 10.1 Å². The second kappa shape index (κ2) is 12.9. The fourth-order valence-electron chi connectivity index (χ4n) is 3.41. The van der Waals surface area contributed by atoms with Crippen molar-refractivity contribution in [2.75, 3.05) is 24.8 Å². The molecule has 7 nitrogen and oxygen atoms in total. The van der Waals surface area contributed by atoms with Gasteiger partial charge < -0.3 is 9.47 Å². The van der Waals surface area contributed by atoms with Crippen molar-refractivity contribution in [3.8, 4) is 28.1 Å². The molecule has 0 bridgehead atoms. The minimum atomic E-state index is -0.563. The molecule has 0 saturated heterocycles. The molecule has 0 aliphatic rings. The lowest BCUT2D eigenvalue weighted by molar-refractivity contribution is -0.112. The summed E-state index contributed by atoms with van der Waals surface area (Å²) in [4.78, 5) is 13.9. The van der Waals surface area contributed by atoms with Crippen LogP contribution >= 0.6 is 23.1 Å². The van der Waals surface area contributed by atoms with Crippen molar-refractivity contribution in [3.05, 3.63) is 89.0 Å². The molecular weight excluding hydrogens is 516 g/mol. The lowest BCUT2D eigenvalue weighted by atomic mass is 10.1. The van der Waals surface area contributed by atoms with Crippen molar-refractivity contribution in [2.24, 2.45) is 0 Å². The number of aryl methyl sites for hydroxylation is 2. The number of anilines is 1. The van der Waals surface area contributed by atoms with Crippen LogP contribution < -0.4 is 14.8 Å². The van der Waals surface area contributed by atoms with Gasteiger partial charge in [0.1, 0.15) is 16.6 Å². The van der Waals surface area contributed by atoms with Crippen LogP contribution in [0.15, 0.2) is 77.2 Å². The highest BCUT2D eigenvalue weighted by molar-refractivity contribution is 7.99. The lowest BCUT2D eigenvalue weighted by Crippen LogP contribution is -2.13. The summed E-state index contributed by atoms with van der Waals surface area (Å²) in [5, 5.41) is 21.4. The van der Waals surface area contributed by atoms with Crippen LogP contribution in [-0.4, -0.2) is 35.6 Å². The van der Waals surface area contributed by atoms with E-state index < -0.39 is 5.91 Å². The maximum Gasteiger partial charge on any atom is 0.268 e. The number of thioether (sulfide) groups is 1. The van der Waals surface area contributed by atoms with Crippen LogP contribution in [0.25, 0.3) is 16.6 Å². The van der Waals surface area contributed by atoms with Gasteiger partial charge in [-0.25, -0.2) is 0 Å². The van der Waals surface area contributed by atoms with Gasteiger partial charge in [0, 0.05) is 16.2 Å². The summed E-state index contributed by atoms with van der Waals surface area (Å²) >= 11 is 2.96. The number of carbonyl (C=O) groups excluding carboxylic acids is 1. The minimum Gasteiger partial charge on any atom is -0.493 e. The Labute approximate surface area is 230 Å². The van der Waals surface area contributed by atoms with Gasteiger partial charge in [-0.15, -0.1) is 22.0 Å². The van der Waals surface area contributed by atoms with E-state index >= 15 is 0 Å². The van der Waals surface area contributed by atoms with E-state index in [1.54, 1.807) is 37.1 Å². The van der Waals surface area contributed by atoms with E-state index in [1.807, 2.05) is 37.3 Å². The number of aromatic nitrogens is 2. The Kier molecular flexibility index (Phi) is 9.14. The van der Waals surface area contributed by atoms with Crippen molar-refractivity contribution in [1.29, 1.82) is 5.26 Å². The molecule has 38 heavy (non-hydrogen) atoms. The number of amides is 1.